The number of rotatable bonds is 16. The van der Waals surface area contributed by atoms with E-state index in [2.05, 4.69) is 248 Å². The Kier molecular flexibility index (Phi) is 38.5. The Bertz CT molecular complexity index is 4010. The molecule has 11 aromatic rings. The van der Waals surface area contributed by atoms with Crippen LogP contribution < -0.4 is 0 Å². The summed E-state index contributed by atoms with van der Waals surface area (Å²) in [5, 5.41) is 0. The van der Waals surface area contributed by atoms with Gasteiger partial charge in [-0.1, -0.05) is 181 Å². The van der Waals surface area contributed by atoms with E-state index >= 15 is 0 Å². The molecule has 7 aromatic heterocycles. The molecule has 0 fully saturated rings. The second-order valence-electron chi connectivity index (χ2n) is 26.9. The number of hydrogen-bond donors (Lipinski definition) is 0. The van der Waals surface area contributed by atoms with Crippen LogP contribution in [0.5, 0.6) is 0 Å². The number of hydrogen-bond acceptors (Lipinski definition) is 7. The molecule has 2 atom stereocenters. The van der Waals surface area contributed by atoms with E-state index in [1.54, 1.807) is 12.4 Å². The van der Waals surface area contributed by atoms with Gasteiger partial charge in [0, 0.05) is 156 Å². The summed E-state index contributed by atoms with van der Waals surface area (Å²) in [6, 6.07) is 66.4. The molecule has 16 heteroatoms. The number of nitrogens with zero attached hydrogens (tertiary/aromatic N) is 9. The van der Waals surface area contributed by atoms with Gasteiger partial charge in [0.1, 0.15) is 0 Å². The van der Waals surface area contributed by atoms with Gasteiger partial charge >= 0.3 is 0 Å². The van der Waals surface area contributed by atoms with Gasteiger partial charge in [-0.3, -0.25) is 24.3 Å². The Balaban J connectivity index is 0.000000414. The predicted octanol–water partition coefficient (Wildman–Crippen LogP) is 20.4. The number of benzene rings is 4. The summed E-state index contributed by atoms with van der Waals surface area (Å²) >= 11 is 0. The quantitative estimate of drug-likeness (QED) is 0.0540. The average Bonchev–Trinajstić information content (AvgIpc) is 1.58. The fourth-order valence-corrected chi connectivity index (χ4v) is 10.1. The second-order valence-corrected chi connectivity index (χ2v) is 26.9. The Labute approximate surface area is 646 Å². The van der Waals surface area contributed by atoms with Crippen LogP contribution in [0.4, 0.5) is 8.78 Å². The standard InChI is InChI=1S/C22H22N.C18H22N.C15H15F2N2.C14H17N2.C13H16N3.Co.Ir.3Rh/c1-17(2)14-15-21-12-7-13-22(23-21)20-11-6-10-19(16-20)18-8-4-3-5-9-18;1-5-14(2)15-11-12-17(19-13-15)18(3,4)16-9-7-6-8-10-16;1-15(2,3)9-10-6-7-18-13(8-10)12-5-4-11(16)14(17)19-12;1-4-11(2)13-10-15-14(16(13)3)12-8-6-5-7-9-12;1-13(2,3)8-11-9-16(10-15-11)12-6-4-5-7-14-12;;;;;/h3-10,12-13,16-17H,14-15H2,1-2H3;6-9,11-14H,5H2,1-4H3;4,6-8H,9H2,1-3H3;5-8,10-11H,4H2,1-3H3;4-7,9H,8H2,1-3H3;;;;;/q5*-1;;;;;. The minimum atomic E-state index is -1.13. The van der Waals surface area contributed by atoms with E-state index in [1.807, 2.05) is 102 Å². The van der Waals surface area contributed by atoms with E-state index in [0.717, 1.165) is 89.3 Å². The molecule has 11 rings (SSSR count). The molecule has 5 radical (unpaired) electrons. The molecule has 0 bridgehead atoms. The molecule has 529 valence electrons. The van der Waals surface area contributed by atoms with Crippen molar-refractivity contribution in [1.82, 2.24) is 44.0 Å². The summed E-state index contributed by atoms with van der Waals surface area (Å²) in [5.41, 5.74) is 14.7. The Morgan fingerprint density at radius 2 is 1.23 bits per heavy atom. The van der Waals surface area contributed by atoms with Crippen molar-refractivity contribution in [3.8, 4) is 51.0 Å². The van der Waals surface area contributed by atoms with Gasteiger partial charge in [0.2, 0.25) is 0 Å². The molecule has 0 N–H and O–H groups in total. The fourth-order valence-electron chi connectivity index (χ4n) is 10.1. The smallest absolute Gasteiger partial charge is 0.191 e. The van der Waals surface area contributed by atoms with Crippen molar-refractivity contribution < 1.29 is 104 Å². The van der Waals surface area contributed by atoms with Gasteiger partial charge in [-0.2, -0.15) is 46.4 Å². The Morgan fingerprint density at radius 1 is 0.561 bits per heavy atom. The monoisotopic (exact) mass is 1800 g/mol. The van der Waals surface area contributed by atoms with E-state index in [1.165, 1.54) is 34.4 Å². The minimum Gasteiger partial charge on any atom is -0.418 e. The SMILES string of the molecule is CC(C)(C)Cc1ccnc(-c2[c-]cc(F)c(F)n2)c1.CC(C)(C)Cc1cn(-c2ccccn2)[c-]n1.CC(C)CCc1cccc(-c2[c-]ccc(-c3ccccc3)c2)n1.CCC(C)c1ccc(C(C)(C)c2[c-]cccc2)nc1.CCC(C)c1cnc(-c2[c-]cccc2)n1C.[Co].[Ir].[Rh].[Rh].[Rh]. The van der Waals surface area contributed by atoms with Crippen molar-refractivity contribution in [2.75, 3.05) is 0 Å². The summed E-state index contributed by atoms with van der Waals surface area (Å²) in [4.78, 5) is 30.2. The molecule has 0 aliphatic carbocycles. The number of aryl methyl sites for hydroxylation is 1. The van der Waals surface area contributed by atoms with Crippen LogP contribution in [0.3, 0.4) is 0 Å². The maximum absolute atomic E-state index is 13.1. The van der Waals surface area contributed by atoms with Gasteiger partial charge in [0.15, 0.2) is 5.95 Å². The van der Waals surface area contributed by atoms with Crippen LogP contribution in [-0.4, -0.2) is 44.0 Å². The molecule has 4 aromatic carbocycles. The summed E-state index contributed by atoms with van der Waals surface area (Å²) < 4.78 is 29.9. The van der Waals surface area contributed by atoms with Gasteiger partial charge in [-0.15, -0.1) is 77.4 Å². The van der Waals surface area contributed by atoms with Gasteiger partial charge < -0.3 is 24.1 Å². The first-order valence-corrected chi connectivity index (χ1v) is 32.4. The Hall–Kier alpha value is -6.06. The van der Waals surface area contributed by atoms with E-state index in [9.17, 15) is 8.78 Å². The molecule has 0 amide bonds. The van der Waals surface area contributed by atoms with Crippen LogP contribution in [0.25, 0.3) is 51.0 Å². The third-order valence-electron chi connectivity index (χ3n) is 15.8. The predicted molar refractivity (Wildman–Crippen MR) is 376 cm³/mol. The molecule has 2 unspecified atom stereocenters. The maximum Gasteiger partial charge on any atom is 0.191 e. The van der Waals surface area contributed by atoms with Crippen molar-refractivity contribution in [2.24, 2.45) is 23.8 Å². The fraction of sp³-hybridized carbons (Fsp3) is 0.329. The molecule has 9 nitrogen and oxygen atoms in total. The molecule has 0 saturated carbocycles. The number of pyridine rings is 5. The van der Waals surface area contributed by atoms with E-state index in [0.29, 0.717) is 23.4 Å². The first-order chi connectivity index (χ1) is 44.4. The van der Waals surface area contributed by atoms with Gasteiger partial charge in [0.25, 0.3) is 0 Å². The van der Waals surface area contributed by atoms with Crippen molar-refractivity contribution in [2.45, 2.75) is 153 Å². The van der Waals surface area contributed by atoms with E-state index in [-0.39, 0.29) is 117 Å². The zero-order valence-corrected chi connectivity index (χ0v) is 67.2. The zero-order valence-electron chi connectivity index (χ0n) is 58.9. The largest absolute Gasteiger partial charge is 0.418 e. The molecule has 0 aliphatic rings. The van der Waals surface area contributed by atoms with Crippen molar-refractivity contribution in [1.29, 1.82) is 0 Å². The van der Waals surface area contributed by atoms with Gasteiger partial charge in [-0.25, -0.2) is 0 Å². The van der Waals surface area contributed by atoms with Crippen LogP contribution in [0.2, 0.25) is 0 Å². The molecular weight excluding hydrogens is 1710 g/mol. The molecule has 7 heterocycles. The van der Waals surface area contributed by atoms with Crippen LogP contribution >= 0.6 is 0 Å². The van der Waals surface area contributed by atoms with Crippen LogP contribution in [0.1, 0.15) is 167 Å². The van der Waals surface area contributed by atoms with Crippen LogP contribution in [0, 0.1) is 59.1 Å². The van der Waals surface area contributed by atoms with E-state index in [4.69, 9.17) is 4.98 Å². The summed E-state index contributed by atoms with van der Waals surface area (Å²) in [7, 11) is 2.07. The molecule has 0 spiro atoms. The molecule has 0 aliphatic heterocycles. The average molecular weight is 1800 g/mol. The number of imidazole rings is 2. The summed E-state index contributed by atoms with van der Waals surface area (Å²) in [5.74, 6) is 1.55. The third kappa shape index (κ3) is 27.8. The van der Waals surface area contributed by atoms with E-state index < -0.39 is 11.8 Å². The maximum atomic E-state index is 13.1. The van der Waals surface area contributed by atoms with Gasteiger partial charge in [0.05, 0.1) is 17.5 Å². The Morgan fingerprint density at radius 3 is 1.84 bits per heavy atom. The second kappa shape index (κ2) is 42.9. The normalized spacial score (nSPS) is 11.4. The minimum absolute atomic E-state index is 0. The number of halogens is 2. The topological polar surface area (TPSA) is 100 Å². The summed E-state index contributed by atoms with van der Waals surface area (Å²) in [6.45, 7) is 30.8. The van der Waals surface area contributed by atoms with Crippen LogP contribution in [-0.2, 0) is 127 Å². The third-order valence-corrected chi connectivity index (χ3v) is 15.8. The molecular formula is C82H92CoF2IrN9Rh3-5. The number of aromatic nitrogens is 9. The van der Waals surface area contributed by atoms with Crippen molar-refractivity contribution >= 4 is 0 Å². The van der Waals surface area contributed by atoms with Gasteiger partial charge in [-0.05, 0) is 120 Å². The molecule has 98 heavy (non-hydrogen) atoms. The first-order valence-electron chi connectivity index (χ1n) is 32.4. The summed E-state index contributed by atoms with van der Waals surface area (Å²) in [6.07, 6.45) is 18.7. The zero-order chi connectivity index (χ0) is 67.1. The van der Waals surface area contributed by atoms with Crippen molar-refractivity contribution in [3.63, 3.8) is 0 Å². The molecule has 0 saturated heterocycles. The van der Waals surface area contributed by atoms with Crippen LogP contribution in [0.15, 0.2) is 195 Å². The van der Waals surface area contributed by atoms with Crippen molar-refractivity contribution in [3.05, 3.63) is 277 Å². The first kappa shape index (κ1) is 88.0.